The Morgan fingerprint density at radius 1 is 1.22 bits per heavy atom. The van der Waals surface area contributed by atoms with Crippen molar-refractivity contribution >= 4 is 45.2 Å². The Balaban J connectivity index is 1.58. The predicted molar refractivity (Wildman–Crippen MR) is 112 cm³/mol. The second-order valence-corrected chi connectivity index (χ2v) is 7.71. The molecule has 1 amide bonds. The first-order chi connectivity index (χ1) is 13.2. The standard InChI is InChI=1S/C21H19ClN2O2S/c1-2-14-5-3-4-6-16(14)23-21(25)19-9-10-20(27-19)24-11-12-26-18-8-7-15(22)13-17(18)24/h3-10,13H,2,11-12H2,1H3,(H,23,25). The Labute approximate surface area is 167 Å². The average molecular weight is 399 g/mol. The van der Waals surface area contributed by atoms with Crippen molar-refractivity contribution in [3.63, 3.8) is 0 Å². The normalized spacial score (nSPS) is 13.0. The third-order valence-corrected chi connectivity index (χ3v) is 5.85. The number of hydrogen-bond donors (Lipinski definition) is 1. The summed E-state index contributed by atoms with van der Waals surface area (Å²) in [7, 11) is 0. The molecule has 1 N–H and O–H groups in total. The Hall–Kier alpha value is -2.50. The molecule has 0 spiro atoms. The number of anilines is 3. The molecule has 138 valence electrons. The van der Waals surface area contributed by atoms with Crippen LogP contribution in [0, 0.1) is 0 Å². The van der Waals surface area contributed by atoms with Gasteiger partial charge in [0.1, 0.15) is 12.4 Å². The van der Waals surface area contributed by atoms with E-state index >= 15 is 0 Å². The number of carbonyl (C=O) groups excluding carboxylic acids is 1. The van der Waals surface area contributed by atoms with E-state index in [0.29, 0.717) is 23.1 Å². The molecule has 1 aliphatic heterocycles. The lowest BCUT2D eigenvalue weighted by Crippen LogP contribution is -2.27. The van der Waals surface area contributed by atoms with Crippen LogP contribution in [0.25, 0.3) is 0 Å². The van der Waals surface area contributed by atoms with E-state index in [2.05, 4.69) is 17.1 Å². The van der Waals surface area contributed by atoms with Crippen LogP contribution in [0.5, 0.6) is 5.75 Å². The molecule has 4 rings (SSSR count). The molecule has 0 aliphatic carbocycles. The Morgan fingerprint density at radius 3 is 2.93 bits per heavy atom. The molecule has 0 saturated carbocycles. The van der Waals surface area contributed by atoms with Gasteiger partial charge in [0, 0.05) is 10.7 Å². The maximum atomic E-state index is 12.7. The smallest absolute Gasteiger partial charge is 0.265 e. The van der Waals surface area contributed by atoms with Gasteiger partial charge in [0.2, 0.25) is 0 Å². The monoisotopic (exact) mass is 398 g/mol. The van der Waals surface area contributed by atoms with E-state index < -0.39 is 0 Å². The number of halogens is 1. The summed E-state index contributed by atoms with van der Waals surface area (Å²) in [6.45, 7) is 3.39. The van der Waals surface area contributed by atoms with E-state index in [4.69, 9.17) is 16.3 Å². The van der Waals surface area contributed by atoms with Crippen LogP contribution in [-0.4, -0.2) is 19.1 Å². The number of carbonyl (C=O) groups is 1. The Morgan fingerprint density at radius 2 is 2.07 bits per heavy atom. The third-order valence-electron chi connectivity index (χ3n) is 4.51. The molecular weight excluding hydrogens is 380 g/mol. The summed E-state index contributed by atoms with van der Waals surface area (Å²) in [6.07, 6.45) is 0.872. The van der Waals surface area contributed by atoms with Crippen molar-refractivity contribution in [3.05, 3.63) is 70.1 Å². The second-order valence-electron chi connectivity index (χ2n) is 6.21. The molecule has 0 unspecified atom stereocenters. The number of aryl methyl sites for hydroxylation is 1. The van der Waals surface area contributed by atoms with E-state index in [-0.39, 0.29) is 5.91 Å². The van der Waals surface area contributed by atoms with Crippen molar-refractivity contribution in [1.29, 1.82) is 0 Å². The summed E-state index contributed by atoms with van der Waals surface area (Å²) in [4.78, 5) is 15.5. The number of fused-ring (bicyclic) bond motifs is 1. The van der Waals surface area contributed by atoms with Crippen LogP contribution < -0.4 is 15.0 Å². The van der Waals surface area contributed by atoms with Crippen molar-refractivity contribution in [3.8, 4) is 5.75 Å². The number of nitrogens with zero attached hydrogens (tertiary/aromatic N) is 1. The van der Waals surface area contributed by atoms with Crippen LogP contribution in [-0.2, 0) is 6.42 Å². The van der Waals surface area contributed by atoms with Crippen LogP contribution in [0.15, 0.2) is 54.6 Å². The van der Waals surface area contributed by atoms with Gasteiger partial charge in [0.25, 0.3) is 5.91 Å². The minimum atomic E-state index is -0.0910. The highest BCUT2D eigenvalue weighted by Gasteiger charge is 2.22. The topological polar surface area (TPSA) is 41.6 Å². The largest absolute Gasteiger partial charge is 0.490 e. The summed E-state index contributed by atoms with van der Waals surface area (Å²) in [5, 5.41) is 4.69. The van der Waals surface area contributed by atoms with E-state index in [1.54, 1.807) is 0 Å². The van der Waals surface area contributed by atoms with E-state index in [1.807, 2.05) is 54.6 Å². The molecule has 2 aromatic carbocycles. The van der Waals surface area contributed by atoms with Gasteiger partial charge in [0.05, 0.1) is 22.1 Å². The summed E-state index contributed by atoms with van der Waals surface area (Å²) in [6, 6.07) is 17.3. The van der Waals surface area contributed by atoms with Crippen LogP contribution in [0.1, 0.15) is 22.2 Å². The summed E-state index contributed by atoms with van der Waals surface area (Å²) < 4.78 is 5.71. The quantitative estimate of drug-likeness (QED) is 0.608. The average Bonchev–Trinajstić information content (AvgIpc) is 3.18. The molecule has 1 aliphatic rings. The number of hydrogen-bond acceptors (Lipinski definition) is 4. The maximum Gasteiger partial charge on any atom is 0.265 e. The number of rotatable bonds is 4. The fourth-order valence-electron chi connectivity index (χ4n) is 3.15. The molecule has 6 heteroatoms. The first-order valence-electron chi connectivity index (χ1n) is 8.84. The van der Waals surface area contributed by atoms with Crippen LogP contribution >= 0.6 is 22.9 Å². The highest BCUT2D eigenvalue weighted by Crippen LogP contribution is 2.41. The van der Waals surface area contributed by atoms with Gasteiger partial charge in [-0.2, -0.15) is 0 Å². The Bertz CT molecular complexity index is 986. The summed E-state index contributed by atoms with van der Waals surface area (Å²) in [5.41, 5.74) is 2.92. The van der Waals surface area contributed by atoms with Gasteiger partial charge in [-0.05, 0) is 48.4 Å². The molecule has 0 bridgehead atoms. The number of amides is 1. The van der Waals surface area contributed by atoms with Gasteiger partial charge in [0.15, 0.2) is 0 Å². The molecule has 3 aromatic rings. The summed E-state index contributed by atoms with van der Waals surface area (Å²) >= 11 is 7.63. The van der Waals surface area contributed by atoms with Gasteiger partial charge in [-0.25, -0.2) is 0 Å². The first kappa shape index (κ1) is 17.9. The molecule has 4 nitrogen and oxygen atoms in total. The fraction of sp³-hybridized carbons (Fsp3) is 0.190. The Kier molecular flexibility index (Phi) is 5.05. The van der Waals surface area contributed by atoms with E-state index in [1.165, 1.54) is 11.3 Å². The highest BCUT2D eigenvalue weighted by molar-refractivity contribution is 7.18. The zero-order valence-corrected chi connectivity index (χ0v) is 16.4. The van der Waals surface area contributed by atoms with Gasteiger partial charge in [-0.15, -0.1) is 11.3 Å². The fourth-order valence-corrected chi connectivity index (χ4v) is 4.26. The number of para-hydroxylation sites is 1. The number of thiophene rings is 1. The van der Waals surface area contributed by atoms with Gasteiger partial charge >= 0.3 is 0 Å². The number of nitrogens with one attached hydrogen (secondary N) is 1. The lowest BCUT2D eigenvalue weighted by atomic mass is 10.1. The number of benzene rings is 2. The SMILES string of the molecule is CCc1ccccc1NC(=O)c1ccc(N2CCOc3ccc(Cl)cc32)s1. The van der Waals surface area contributed by atoms with Crippen molar-refractivity contribution in [2.24, 2.45) is 0 Å². The molecular formula is C21H19ClN2O2S. The minimum absolute atomic E-state index is 0.0910. The van der Waals surface area contributed by atoms with Crippen molar-refractivity contribution in [1.82, 2.24) is 0 Å². The summed E-state index contributed by atoms with van der Waals surface area (Å²) in [5.74, 6) is 0.716. The van der Waals surface area contributed by atoms with Gasteiger partial charge in [-0.3, -0.25) is 4.79 Å². The van der Waals surface area contributed by atoms with Crippen LogP contribution in [0.4, 0.5) is 16.4 Å². The van der Waals surface area contributed by atoms with Crippen LogP contribution in [0.3, 0.4) is 0 Å². The van der Waals surface area contributed by atoms with Crippen molar-refractivity contribution in [2.75, 3.05) is 23.4 Å². The first-order valence-corrected chi connectivity index (χ1v) is 10.0. The molecule has 27 heavy (non-hydrogen) atoms. The zero-order chi connectivity index (χ0) is 18.8. The van der Waals surface area contributed by atoms with Crippen molar-refractivity contribution < 1.29 is 9.53 Å². The molecule has 0 radical (unpaired) electrons. The minimum Gasteiger partial charge on any atom is -0.490 e. The third kappa shape index (κ3) is 3.66. The molecule has 1 aromatic heterocycles. The molecule has 2 heterocycles. The lowest BCUT2D eigenvalue weighted by Gasteiger charge is -2.30. The predicted octanol–water partition coefficient (Wildman–Crippen LogP) is 5.75. The molecule has 0 atom stereocenters. The highest BCUT2D eigenvalue weighted by atomic mass is 35.5. The van der Waals surface area contributed by atoms with E-state index in [9.17, 15) is 4.79 Å². The molecule has 0 fully saturated rings. The molecule has 0 saturated heterocycles. The van der Waals surface area contributed by atoms with Gasteiger partial charge in [-0.1, -0.05) is 36.7 Å². The van der Waals surface area contributed by atoms with Crippen LogP contribution in [0.2, 0.25) is 5.02 Å². The zero-order valence-electron chi connectivity index (χ0n) is 14.9. The van der Waals surface area contributed by atoms with E-state index in [0.717, 1.165) is 34.1 Å². The second kappa shape index (κ2) is 7.62. The van der Waals surface area contributed by atoms with Gasteiger partial charge < -0.3 is 15.0 Å². The van der Waals surface area contributed by atoms with Crippen molar-refractivity contribution in [2.45, 2.75) is 13.3 Å². The number of ether oxygens (including phenoxy) is 1. The maximum absolute atomic E-state index is 12.7. The lowest BCUT2D eigenvalue weighted by molar-refractivity contribution is 0.103.